The second-order valence-electron chi connectivity index (χ2n) is 4.08. The van der Waals surface area contributed by atoms with E-state index in [1.165, 1.54) is 12.1 Å². The molecule has 0 spiro atoms. The average Bonchev–Trinajstić information content (AvgIpc) is 2.57. The van der Waals surface area contributed by atoms with Crippen molar-refractivity contribution < 1.29 is 4.39 Å². The van der Waals surface area contributed by atoms with Gasteiger partial charge in [-0.3, -0.25) is 4.68 Å². The lowest BCUT2D eigenvalue weighted by molar-refractivity contribution is 0.628. The minimum atomic E-state index is -0.226. The standard InChI is InChI=1S/C13H16FN3/c1-9-13(10-3-5-11(14)6-4-10)12(7-8-15)16-17(9)2/h3-6H,7-8,15H2,1-2H3. The highest BCUT2D eigenvalue weighted by atomic mass is 19.1. The van der Waals surface area contributed by atoms with Crippen molar-refractivity contribution in [2.75, 3.05) is 6.54 Å². The molecule has 1 heterocycles. The normalized spacial score (nSPS) is 10.8. The Balaban J connectivity index is 2.53. The molecule has 0 aliphatic heterocycles. The van der Waals surface area contributed by atoms with Gasteiger partial charge in [-0.2, -0.15) is 5.10 Å². The molecule has 0 saturated heterocycles. The maximum Gasteiger partial charge on any atom is 0.123 e. The van der Waals surface area contributed by atoms with E-state index in [1.807, 2.05) is 18.7 Å². The highest BCUT2D eigenvalue weighted by Gasteiger charge is 2.13. The maximum absolute atomic E-state index is 12.9. The summed E-state index contributed by atoms with van der Waals surface area (Å²) in [6.45, 7) is 2.57. The van der Waals surface area contributed by atoms with Gasteiger partial charge in [-0.05, 0) is 31.2 Å². The fourth-order valence-corrected chi connectivity index (χ4v) is 1.98. The third kappa shape index (κ3) is 2.22. The molecule has 3 nitrogen and oxygen atoms in total. The Morgan fingerprint density at radius 3 is 2.53 bits per heavy atom. The minimum absolute atomic E-state index is 0.226. The van der Waals surface area contributed by atoms with Crippen molar-refractivity contribution in [1.29, 1.82) is 0 Å². The molecule has 0 radical (unpaired) electrons. The Labute approximate surface area is 100 Å². The van der Waals surface area contributed by atoms with Crippen molar-refractivity contribution in [3.05, 3.63) is 41.5 Å². The summed E-state index contributed by atoms with van der Waals surface area (Å²) in [5.74, 6) is -0.226. The molecule has 0 atom stereocenters. The Morgan fingerprint density at radius 2 is 1.94 bits per heavy atom. The van der Waals surface area contributed by atoms with Crippen LogP contribution in [0.4, 0.5) is 4.39 Å². The highest BCUT2D eigenvalue weighted by molar-refractivity contribution is 5.68. The van der Waals surface area contributed by atoms with Gasteiger partial charge in [-0.25, -0.2) is 4.39 Å². The smallest absolute Gasteiger partial charge is 0.123 e. The van der Waals surface area contributed by atoms with Gasteiger partial charge in [0, 0.05) is 24.7 Å². The largest absolute Gasteiger partial charge is 0.330 e. The molecule has 0 amide bonds. The number of hydrogen-bond donors (Lipinski definition) is 1. The molecule has 1 aromatic carbocycles. The van der Waals surface area contributed by atoms with E-state index in [-0.39, 0.29) is 5.82 Å². The Kier molecular flexibility index (Phi) is 3.24. The Hall–Kier alpha value is -1.68. The van der Waals surface area contributed by atoms with Crippen LogP contribution in [0.5, 0.6) is 0 Å². The number of benzene rings is 1. The lowest BCUT2D eigenvalue weighted by atomic mass is 10.0. The van der Waals surface area contributed by atoms with Crippen LogP contribution in [0.1, 0.15) is 11.4 Å². The lowest BCUT2D eigenvalue weighted by Crippen LogP contribution is -2.04. The summed E-state index contributed by atoms with van der Waals surface area (Å²) in [6, 6.07) is 6.49. The van der Waals surface area contributed by atoms with Crippen molar-refractivity contribution >= 4 is 0 Å². The summed E-state index contributed by atoms with van der Waals surface area (Å²) in [6.07, 6.45) is 0.731. The van der Waals surface area contributed by atoms with Gasteiger partial charge >= 0.3 is 0 Å². The van der Waals surface area contributed by atoms with Crippen LogP contribution in [-0.4, -0.2) is 16.3 Å². The van der Waals surface area contributed by atoms with Crippen molar-refractivity contribution in [3.8, 4) is 11.1 Å². The van der Waals surface area contributed by atoms with Crippen LogP contribution in [0.15, 0.2) is 24.3 Å². The van der Waals surface area contributed by atoms with Crippen LogP contribution in [0, 0.1) is 12.7 Å². The van der Waals surface area contributed by atoms with Crippen LogP contribution >= 0.6 is 0 Å². The molecule has 0 fully saturated rings. The van der Waals surface area contributed by atoms with Crippen LogP contribution in [0.3, 0.4) is 0 Å². The van der Waals surface area contributed by atoms with E-state index < -0.39 is 0 Å². The van der Waals surface area contributed by atoms with E-state index in [9.17, 15) is 4.39 Å². The molecule has 0 aliphatic rings. The number of nitrogens with two attached hydrogens (primary N) is 1. The van der Waals surface area contributed by atoms with Gasteiger partial charge in [0.2, 0.25) is 0 Å². The number of nitrogens with zero attached hydrogens (tertiary/aromatic N) is 2. The first-order valence-corrected chi connectivity index (χ1v) is 5.62. The van der Waals surface area contributed by atoms with Crippen LogP contribution in [-0.2, 0) is 13.5 Å². The monoisotopic (exact) mass is 233 g/mol. The summed E-state index contributed by atoms with van der Waals surface area (Å²) < 4.78 is 14.8. The van der Waals surface area contributed by atoms with Gasteiger partial charge in [0.15, 0.2) is 0 Å². The molecule has 0 unspecified atom stereocenters. The molecule has 90 valence electrons. The number of aryl methyl sites for hydroxylation is 1. The molecule has 2 N–H and O–H groups in total. The number of halogens is 1. The van der Waals surface area contributed by atoms with Crippen LogP contribution in [0.2, 0.25) is 0 Å². The second kappa shape index (κ2) is 4.67. The quantitative estimate of drug-likeness (QED) is 0.881. The van der Waals surface area contributed by atoms with Crippen molar-refractivity contribution in [2.45, 2.75) is 13.3 Å². The Bertz CT molecular complexity index is 514. The predicted molar refractivity (Wildman–Crippen MR) is 66.1 cm³/mol. The molecule has 0 saturated carbocycles. The first-order valence-electron chi connectivity index (χ1n) is 5.62. The van der Waals surface area contributed by atoms with Gasteiger partial charge in [-0.15, -0.1) is 0 Å². The second-order valence-corrected chi connectivity index (χ2v) is 4.08. The van der Waals surface area contributed by atoms with E-state index >= 15 is 0 Å². The zero-order chi connectivity index (χ0) is 12.4. The third-order valence-corrected chi connectivity index (χ3v) is 2.92. The lowest BCUT2D eigenvalue weighted by Gasteiger charge is -2.03. The zero-order valence-electron chi connectivity index (χ0n) is 10.1. The molecule has 2 aromatic rings. The minimum Gasteiger partial charge on any atom is -0.330 e. The third-order valence-electron chi connectivity index (χ3n) is 2.92. The molecule has 0 aliphatic carbocycles. The fourth-order valence-electron chi connectivity index (χ4n) is 1.98. The summed E-state index contributed by atoms with van der Waals surface area (Å²) >= 11 is 0. The van der Waals surface area contributed by atoms with Crippen molar-refractivity contribution in [2.24, 2.45) is 12.8 Å². The molecule has 17 heavy (non-hydrogen) atoms. The predicted octanol–water partition coefficient (Wildman–Crippen LogP) is 2.04. The molecule has 1 aromatic heterocycles. The summed E-state index contributed by atoms with van der Waals surface area (Å²) in [4.78, 5) is 0. The number of hydrogen-bond acceptors (Lipinski definition) is 2. The molecule has 0 bridgehead atoms. The van der Waals surface area contributed by atoms with E-state index in [4.69, 9.17) is 5.73 Å². The van der Waals surface area contributed by atoms with E-state index in [0.717, 1.165) is 28.9 Å². The molecular weight excluding hydrogens is 217 g/mol. The fraction of sp³-hybridized carbons (Fsp3) is 0.308. The first-order chi connectivity index (χ1) is 8.13. The van der Waals surface area contributed by atoms with Crippen LogP contribution < -0.4 is 5.73 Å². The number of aromatic nitrogens is 2. The SMILES string of the molecule is Cc1c(-c2ccc(F)cc2)c(CCN)nn1C. The van der Waals surface area contributed by atoms with Crippen molar-refractivity contribution in [1.82, 2.24) is 9.78 Å². The van der Waals surface area contributed by atoms with Crippen molar-refractivity contribution in [3.63, 3.8) is 0 Å². The first kappa shape index (κ1) is 11.8. The van der Waals surface area contributed by atoms with Gasteiger partial charge < -0.3 is 5.73 Å². The van der Waals surface area contributed by atoms with E-state index in [0.29, 0.717) is 6.54 Å². The summed E-state index contributed by atoms with van der Waals surface area (Å²) in [5, 5.41) is 4.44. The Morgan fingerprint density at radius 1 is 1.29 bits per heavy atom. The molecule has 4 heteroatoms. The zero-order valence-corrected chi connectivity index (χ0v) is 10.1. The van der Waals surface area contributed by atoms with Gasteiger partial charge in [0.1, 0.15) is 5.82 Å². The average molecular weight is 233 g/mol. The molecule has 2 rings (SSSR count). The van der Waals surface area contributed by atoms with Gasteiger partial charge in [0.05, 0.1) is 5.69 Å². The van der Waals surface area contributed by atoms with E-state index in [1.54, 1.807) is 12.1 Å². The summed E-state index contributed by atoms with van der Waals surface area (Å²) in [7, 11) is 1.91. The maximum atomic E-state index is 12.9. The highest BCUT2D eigenvalue weighted by Crippen LogP contribution is 2.27. The van der Waals surface area contributed by atoms with Gasteiger partial charge in [-0.1, -0.05) is 12.1 Å². The number of rotatable bonds is 3. The van der Waals surface area contributed by atoms with E-state index in [2.05, 4.69) is 5.10 Å². The topological polar surface area (TPSA) is 43.8 Å². The summed E-state index contributed by atoms with van der Waals surface area (Å²) in [5.41, 5.74) is 9.68. The molecular formula is C13H16FN3. The van der Waals surface area contributed by atoms with Gasteiger partial charge in [0.25, 0.3) is 0 Å². The van der Waals surface area contributed by atoms with Crippen LogP contribution in [0.25, 0.3) is 11.1 Å².